The van der Waals surface area contributed by atoms with E-state index in [1.807, 2.05) is 12.1 Å². The highest BCUT2D eigenvalue weighted by atomic mass is 15.2. The van der Waals surface area contributed by atoms with Crippen molar-refractivity contribution in [3.63, 3.8) is 0 Å². The van der Waals surface area contributed by atoms with E-state index in [1.54, 1.807) is 18.6 Å². The minimum Gasteiger partial charge on any atom is -0.369 e. The maximum absolute atomic E-state index is 4.81. The Kier molecular flexibility index (Phi) is 4.17. The monoisotopic (exact) mass is 410 g/mol. The third-order valence-corrected chi connectivity index (χ3v) is 5.89. The van der Waals surface area contributed by atoms with Crippen molar-refractivity contribution in [1.82, 2.24) is 34.8 Å². The van der Waals surface area contributed by atoms with Crippen molar-refractivity contribution in [2.45, 2.75) is 0 Å². The number of aromatic nitrogens is 6. The molecule has 1 aliphatic rings. The van der Waals surface area contributed by atoms with E-state index in [0.717, 1.165) is 65.3 Å². The highest BCUT2D eigenvalue weighted by Gasteiger charge is 2.16. The fourth-order valence-corrected chi connectivity index (χ4v) is 4.10. The molecule has 3 aromatic heterocycles. The first kappa shape index (κ1) is 18.0. The van der Waals surface area contributed by atoms with Crippen LogP contribution in [-0.4, -0.2) is 68.0 Å². The predicted octanol–water partition coefficient (Wildman–Crippen LogP) is 3.32. The lowest BCUT2D eigenvalue weighted by Crippen LogP contribution is -2.44. The van der Waals surface area contributed by atoms with Crippen LogP contribution in [0.4, 0.5) is 5.69 Å². The van der Waals surface area contributed by atoms with E-state index < -0.39 is 0 Å². The molecule has 1 aliphatic heterocycles. The molecule has 4 heterocycles. The Balaban J connectivity index is 1.33. The summed E-state index contributed by atoms with van der Waals surface area (Å²) < 4.78 is 0. The molecule has 0 spiro atoms. The number of benzene rings is 2. The molecular formula is C23H22N8. The quantitative estimate of drug-likeness (QED) is 0.474. The zero-order valence-electron chi connectivity index (χ0n) is 17.2. The highest BCUT2D eigenvalue weighted by molar-refractivity contribution is 5.86. The van der Waals surface area contributed by atoms with Gasteiger partial charge in [0.15, 0.2) is 5.82 Å². The van der Waals surface area contributed by atoms with Gasteiger partial charge in [0, 0.05) is 49.8 Å². The number of hydrogen-bond donors (Lipinski definition) is 2. The summed E-state index contributed by atoms with van der Waals surface area (Å²) in [4.78, 5) is 29.5. The van der Waals surface area contributed by atoms with Gasteiger partial charge >= 0.3 is 0 Å². The fraction of sp³-hybridized carbons (Fsp3) is 0.217. The molecule has 0 aliphatic carbocycles. The van der Waals surface area contributed by atoms with Crippen LogP contribution in [0.3, 0.4) is 0 Å². The van der Waals surface area contributed by atoms with Gasteiger partial charge in [-0.2, -0.15) is 0 Å². The number of H-pyrrole nitrogens is 2. The van der Waals surface area contributed by atoms with Crippen LogP contribution in [0.2, 0.25) is 0 Å². The van der Waals surface area contributed by atoms with Crippen molar-refractivity contribution in [1.29, 1.82) is 0 Å². The Morgan fingerprint density at radius 2 is 1.55 bits per heavy atom. The van der Waals surface area contributed by atoms with Crippen LogP contribution < -0.4 is 4.90 Å². The molecular weight excluding hydrogens is 388 g/mol. The van der Waals surface area contributed by atoms with Crippen LogP contribution in [-0.2, 0) is 0 Å². The lowest BCUT2D eigenvalue weighted by atomic mass is 10.2. The second kappa shape index (κ2) is 7.17. The van der Waals surface area contributed by atoms with Crippen LogP contribution in [0.5, 0.6) is 0 Å². The van der Waals surface area contributed by atoms with Crippen molar-refractivity contribution in [3.05, 3.63) is 55.0 Å². The van der Waals surface area contributed by atoms with Gasteiger partial charge in [0.25, 0.3) is 0 Å². The SMILES string of the molecule is CN1CCN(c2ccc3nc(-c4ccc5nc(-c6cnccn6)[nH]c5c4)[nH]c3c2)CC1. The van der Waals surface area contributed by atoms with Crippen LogP contribution in [0, 0.1) is 0 Å². The largest absolute Gasteiger partial charge is 0.369 e. The number of hydrogen-bond acceptors (Lipinski definition) is 6. The standard InChI is InChI=1S/C23H22N8/c1-30-8-10-31(11-9-30)16-3-5-18-20(13-16)28-22(26-18)15-2-4-17-19(12-15)29-23(27-17)21-14-24-6-7-25-21/h2-7,12-14H,8-11H2,1H3,(H,26,28)(H,27,29). The van der Waals surface area contributed by atoms with Crippen molar-refractivity contribution in [2.24, 2.45) is 0 Å². The molecule has 0 bridgehead atoms. The summed E-state index contributed by atoms with van der Waals surface area (Å²) >= 11 is 0. The molecule has 8 heteroatoms. The van der Waals surface area contributed by atoms with Gasteiger partial charge in [0.05, 0.1) is 28.3 Å². The van der Waals surface area contributed by atoms with E-state index in [2.05, 4.69) is 66.0 Å². The molecule has 0 saturated carbocycles. The second-order valence-electron chi connectivity index (χ2n) is 7.99. The summed E-state index contributed by atoms with van der Waals surface area (Å²) in [5, 5.41) is 0. The summed E-state index contributed by atoms with van der Waals surface area (Å²) in [6, 6.07) is 12.6. The maximum Gasteiger partial charge on any atom is 0.158 e. The second-order valence-corrected chi connectivity index (χ2v) is 7.99. The summed E-state index contributed by atoms with van der Waals surface area (Å²) in [7, 11) is 2.18. The molecule has 0 unspecified atom stereocenters. The van der Waals surface area contributed by atoms with Crippen LogP contribution in [0.1, 0.15) is 0 Å². The molecule has 8 nitrogen and oxygen atoms in total. The van der Waals surface area contributed by atoms with E-state index in [9.17, 15) is 0 Å². The smallest absolute Gasteiger partial charge is 0.158 e. The molecule has 154 valence electrons. The molecule has 2 N–H and O–H groups in total. The number of fused-ring (bicyclic) bond motifs is 2. The first-order valence-electron chi connectivity index (χ1n) is 10.4. The summed E-state index contributed by atoms with van der Waals surface area (Å²) in [6.45, 7) is 4.28. The molecule has 1 saturated heterocycles. The topological polar surface area (TPSA) is 89.6 Å². The molecule has 31 heavy (non-hydrogen) atoms. The minimum absolute atomic E-state index is 0.710. The van der Waals surface area contributed by atoms with Crippen LogP contribution >= 0.6 is 0 Å². The van der Waals surface area contributed by atoms with Crippen molar-refractivity contribution in [2.75, 3.05) is 38.1 Å². The van der Waals surface area contributed by atoms with E-state index in [-0.39, 0.29) is 0 Å². The summed E-state index contributed by atoms with van der Waals surface area (Å²) in [5.74, 6) is 1.56. The molecule has 6 rings (SSSR count). The Hall–Kier alpha value is -3.78. The van der Waals surface area contributed by atoms with Crippen molar-refractivity contribution < 1.29 is 0 Å². The lowest BCUT2D eigenvalue weighted by molar-refractivity contribution is 0.313. The number of piperazine rings is 1. The zero-order valence-corrected chi connectivity index (χ0v) is 17.2. The van der Waals surface area contributed by atoms with Gasteiger partial charge in [-0.05, 0) is 43.4 Å². The van der Waals surface area contributed by atoms with Gasteiger partial charge in [-0.25, -0.2) is 15.0 Å². The van der Waals surface area contributed by atoms with Gasteiger partial charge < -0.3 is 19.8 Å². The maximum atomic E-state index is 4.81. The molecule has 5 aromatic rings. The number of likely N-dealkylation sites (N-methyl/N-ethyl adjacent to an activating group) is 1. The van der Waals surface area contributed by atoms with E-state index in [4.69, 9.17) is 4.98 Å². The fourth-order valence-electron chi connectivity index (χ4n) is 4.10. The Morgan fingerprint density at radius 1 is 0.806 bits per heavy atom. The number of anilines is 1. The van der Waals surface area contributed by atoms with Gasteiger partial charge in [0.2, 0.25) is 0 Å². The van der Waals surface area contributed by atoms with Gasteiger partial charge in [0.1, 0.15) is 11.5 Å². The highest BCUT2D eigenvalue weighted by Crippen LogP contribution is 2.27. The average Bonchev–Trinajstić information content (AvgIpc) is 3.43. The first-order valence-corrected chi connectivity index (χ1v) is 10.4. The van der Waals surface area contributed by atoms with Gasteiger partial charge in [-0.15, -0.1) is 0 Å². The first-order chi connectivity index (χ1) is 15.2. The normalized spacial score (nSPS) is 15.2. The number of imidazole rings is 2. The number of aromatic amines is 2. The van der Waals surface area contributed by atoms with Crippen LogP contribution in [0.25, 0.3) is 45.0 Å². The predicted molar refractivity (Wildman–Crippen MR) is 122 cm³/mol. The molecule has 1 fully saturated rings. The number of rotatable bonds is 3. The van der Waals surface area contributed by atoms with Crippen molar-refractivity contribution >= 4 is 27.8 Å². The zero-order chi connectivity index (χ0) is 20.8. The van der Waals surface area contributed by atoms with Crippen LogP contribution in [0.15, 0.2) is 55.0 Å². The third kappa shape index (κ3) is 3.30. The van der Waals surface area contributed by atoms with Gasteiger partial charge in [-0.1, -0.05) is 0 Å². The third-order valence-electron chi connectivity index (χ3n) is 5.89. The van der Waals surface area contributed by atoms with Crippen molar-refractivity contribution in [3.8, 4) is 22.9 Å². The number of nitrogens with one attached hydrogen (secondary N) is 2. The number of nitrogens with zero attached hydrogens (tertiary/aromatic N) is 6. The van der Waals surface area contributed by atoms with E-state index >= 15 is 0 Å². The molecule has 0 amide bonds. The van der Waals surface area contributed by atoms with Gasteiger partial charge in [-0.3, -0.25) is 4.98 Å². The molecule has 2 aromatic carbocycles. The Bertz CT molecular complexity index is 1360. The summed E-state index contributed by atoms with van der Waals surface area (Å²) in [6.07, 6.45) is 5.02. The lowest BCUT2D eigenvalue weighted by Gasteiger charge is -2.34. The Labute approximate surface area is 179 Å². The Morgan fingerprint density at radius 3 is 2.35 bits per heavy atom. The summed E-state index contributed by atoms with van der Waals surface area (Å²) in [5.41, 5.74) is 6.83. The molecule has 0 atom stereocenters. The minimum atomic E-state index is 0.710. The van der Waals surface area contributed by atoms with E-state index in [1.165, 1.54) is 5.69 Å². The average molecular weight is 410 g/mol. The molecule has 0 radical (unpaired) electrons. The van der Waals surface area contributed by atoms with E-state index in [0.29, 0.717) is 5.82 Å².